The fourth-order valence-corrected chi connectivity index (χ4v) is 1.91. The molecular formula is C19H27N3O6. The summed E-state index contributed by atoms with van der Waals surface area (Å²) >= 11 is 0. The van der Waals surface area contributed by atoms with Crippen molar-refractivity contribution < 1.29 is 28.7 Å². The van der Waals surface area contributed by atoms with Gasteiger partial charge in [0.2, 0.25) is 0 Å². The highest BCUT2D eigenvalue weighted by Gasteiger charge is 2.21. The second kappa shape index (κ2) is 9.72. The van der Waals surface area contributed by atoms with Crippen molar-refractivity contribution in [2.24, 2.45) is 0 Å². The predicted molar refractivity (Wildman–Crippen MR) is 103 cm³/mol. The van der Waals surface area contributed by atoms with Gasteiger partial charge in [0.1, 0.15) is 5.60 Å². The second-order valence-electron chi connectivity index (χ2n) is 7.37. The molecule has 0 saturated carbocycles. The lowest BCUT2D eigenvalue weighted by atomic mass is 10.2. The van der Waals surface area contributed by atoms with Crippen molar-refractivity contribution in [3.05, 3.63) is 29.8 Å². The van der Waals surface area contributed by atoms with Gasteiger partial charge in [0.15, 0.2) is 6.10 Å². The summed E-state index contributed by atoms with van der Waals surface area (Å²) in [6, 6.07) is 5.07. The van der Waals surface area contributed by atoms with Gasteiger partial charge in [-0.05, 0) is 65.8 Å². The maximum Gasteiger partial charge on any atom is 0.412 e. The maximum atomic E-state index is 12.1. The SMILES string of the molecule is CC(C)NC(=O)NC(=O)[C@@H](C)OC(=O)c1ccc(NC(=O)OC(C)(C)C)cc1. The molecule has 1 rings (SSSR count). The van der Waals surface area contributed by atoms with Crippen molar-refractivity contribution in [3.63, 3.8) is 0 Å². The highest BCUT2D eigenvalue weighted by molar-refractivity contribution is 5.98. The average Bonchev–Trinajstić information content (AvgIpc) is 2.52. The van der Waals surface area contributed by atoms with Crippen molar-refractivity contribution in [1.82, 2.24) is 10.6 Å². The number of rotatable bonds is 5. The Morgan fingerprint density at radius 1 is 0.964 bits per heavy atom. The van der Waals surface area contributed by atoms with Gasteiger partial charge >= 0.3 is 18.1 Å². The van der Waals surface area contributed by atoms with E-state index in [1.807, 2.05) is 0 Å². The van der Waals surface area contributed by atoms with E-state index in [2.05, 4.69) is 16.0 Å². The van der Waals surface area contributed by atoms with Crippen LogP contribution in [0.1, 0.15) is 51.9 Å². The zero-order valence-corrected chi connectivity index (χ0v) is 16.9. The van der Waals surface area contributed by atoms with Gasteiger partial charge in [-0.25, -0.2) is 14.4 Å². The minimum atomic E-state index is -1.16. The van der Waals surface area contributed by atoms with E-state index < -0.39 is 35.7 Å². The standard InChI is InChI=1S/C19H27N3O6/c1-11(2)20-17(25)22-15(23)12(3)27-16(24)13-7-9-14(10-8-13)21-18(26)28-19(4,5)6/h7-12H,1-6H3,(H,21,26)(H2,20,22,23,25)/t12-/m1/s1. The summed E-state index contributed by atoms with van der Waals surface area (Å²) in [6.45, 7) is 10.1. The first-order valence-electron chi connectivity index (χ1n) is 8.80. The van der Waals surface area contributed by atoms with E-state index in [4.69, 9.17) is 9.47 Å². The number of imide groups is 1. The summed E-state index contributed by atoms with van der Waals surface area (Å²) in [5.41, 5.74) is -0.0145. The molecule has 0 spiro atoms. The number of urea groups is 1. The average molecular weight is 393 g/mol. The third-order valence-electron chi connectivity index (χ3n) is 3.08. The lowest BCUT2D eigenvalue weighted by molar-refractivity contribution is -0.127. The Bertz CT molecular complexity index is 722. The zero-order chi connectivity index (χ0) is 21.5. The number of anilines is 1. The molecule has 1 aromatic carbocycles. The topological polar surface area (TPSA) is 123 Å². The van der Waals surface area contributed by atoms with Gasteiger partial charge in [0, 0.05) is 11.7 Å². The molecule has 4 amide bonds. The first-order chi connectivity index (χ1) is 12.9. The van der Waals surface area contributed by atoms with Crippen LogP contribution in [0.5, 0.6) is 0 Å². The number of benzene rings is 1. The molecule has 154 valence electrons. The molecule has 0 unspecified atom stereocenters. The summed E-state index contributed by atoms with van der Waals surface area (Å²) in [7, 11) is 0. The molecule has 1 atom stereocenters. The highest BCUT2D eigenvalue weighted by Crippen LogP contribution is 2.14. The van der Waals surface area contributed by atoms with E-state index in [9.17, 15) is 19.2 Å². The molecule has 3 N–H and O–H groups in total. The van der Waals surface area contributed by atoms with Gasteiger partial charge in [0.25, 0.3) is 5.91 Å². The third kappa shape index (κ3) is 8.52. The Balaban J connectivity index is 2.59. The van der Waals surface area contributed by atoms with E-state index >= 15 is 0 Å². The van der Waals surface area contributed by atoms with E-state index in [0.29, 0.717) is 5.69 Å². The molecular weight excluding hydrogens is 366 g/mol. The number of esters is 1. The highest BCUT2D eigenvalue weighted by atomic mass is 16.6. The van der Waals surface area contributed by atoms with Gasteiger partial charge in [-0.3, -0.25) is 15.4 Å². The number of hydrogen-bond acceptors (Lipinski definition) is 6. The summed E-state index contributed by atoms with van der Waals surface area (Å²) in [5, 5.41) is 7.12. The van der Waals surface area contributed by atoms with Gasteiger partial charge in [-0.1, -0.05) is 0 Å². The smallest absolute Gasteiger partial charge is 0.412 e. The molecule has 0 saturated heterocycles. The number of carbonyl (C=O) groups excluding carboxylic acids is 4. The van der Waals surface area contributed by atoms with Crippen molar-refractivity contribution in [3.8, 4) is 0 Å². The van der Waals surface area contributed by atoms with Gasteiger partial charge < -0.3 is 14.8 Å². The number of hydrogen-bond donors (Lipinski definition) is 3. The molecule has 0 aliphatic rings. The Morgan fingerprint density at radius 3 is 2.04 bits per heavy atom. The van der Waals surface area contributed by atoms with E-state index in [1.54, 1.807) is 34.6 Å². The lowest BCUT2D eigenvalue weighted by Crippen LogP contribution is -2.46. The molecule has 0 aromatic heterocycles. The fourth-order valence-electron chi connectivity index (χ4n) is 1.91. The van der Waals surface area contributed by atoms with Gasteiger partial charge in [-0.15, -0.1) is 0 Å². The lowest BCUT2D eigenvalue weighted by Gasteiger charge is -2.19. The minimum Gasteiger partial charge on any atom is -0.449 e. The third-order valence-corrected chi connectivity index (χ3v) is 3.08. The van der Waals surface area contributed by atoms with Gasteiger partial charge in [0.05, 0.1) is 5.56 Å². The molecule has 0 fully saturated rings. The number of ether oxygens (including phenoxy) is 2. The van der Waals surface area contributed by atoms with Crippen molar-refractivity contribution in [2.75, 3.05) is 5.32 Å². The Hall–Kier alpha value is -3.10. The molecule has 9 nitrogen and oxygen atoms in total. The van der Waals surface area contributed by atoms with Crippen LogP contribution < -0.4 is 16.0 Å². The Labute approximate surface area is 164 Å². The van der Waals surface area contributed by atoms with Crippen molar-refractivity contribution in [2.45, 2.75) is 59.3 Å². The molecule has 0 aliphatic heterocycles. The van der Waals surface area contributed by atoms with Crippen LogP contribution in [0.15, 0.2) is 24.3 Å². The number of amides is 4. The van der Waals surface area contributed by atoms with E-state index in [-0.39, 0.29) is 11.6 Å². The van der Waals surface area contributed by atoms with Crippen LogP contribution in [-0.2, 0) is 14.3 Å². The molecule has 0 heterocycles. The molecule has 0 radical (unpaired) electrons. The summed E-state index contributed by atoms with van der Waals surface area (Å²) in [5.74, 6) is -1.48. The molecule has 0 bridgehead atoms. The summed E-state index contributed by atoms with van der Waals surface area (Å²) < 4.78 is 10.2. The largest absolute Gasteiger partial charge is 0.449 e. The van der Waals surface area contributed by atoms with E-state index in [1.165, 1.54) is 31.2 Å². The van der Waals surface area contributed by atoms with Crippen LogP contribution in [0.4, 0.5) is 15.3 Å². The number of carbonyl (C=O) groups is 4. The molecule has 28 heavy (non-hydrogen) atoms. The van der Waals surface area contributed by atoms with Crippen LogP contribution in [0.2, 0.25) is 0 Å². The first kappa shape index (κ1) is 22.9. The number of nitrogens with one attached hydrogen (secondary N) is 3. The van der Waals surface area contributed by atoms with Crippen LogP contribution >= 0.6 is 0 Å². The molecule has 9 heteroatoms. The van der Waals surface area contributed by atoms with Crippen molar-refractivity contribution >= 4 is 29.7 Å². The Morgan fingerprint density at radius 2 is 1.54 bits per heavy atom. The molecule has 0 aliphatic carbocycles. The Kier molecular flexibility index (Phi) is 7.97. The summed E-state index contributed by atoms with van der Waals surface area (Å²) in [6.07, 6.45) is -1.78. The normalized spacial score (nSPS) is 12.0. The minimum absolute atomic E-state index is 0.140. The van der Waals surface area contributed by atoms with E-state index in [0.717, 1.165) is 0 Å². The maximum absolute atomic E-state index is 12.1. The van der Waals surface area contributed by atoms with Crippen LogP contribution in [0.25, 0.3) is 0 Å². The summed E-state index contributed by atoms with van der Waals surface area (Å²) in [4.78, 5) is 47.2. The molecule has 1 aromatic rings. The first-order valence-corrected chi connectivity index (χ1v) is 8.80. The zero-order valence-electron chi connectivity index (χ0n) is 16.9. The quantitative estimate of drug-likeness (QED) is 0.661. The monoisotopic (exact) mass is 393 g/mol. The predicted octanol–water partition coefficient (Wildman–Crippen LogP) is 2.81. The fraction of sp³-hybridized carbons (Fsp3) is 0.474. The van der Waals surface area contributed by atoms with Crippen LogP contribution in [0.3, 0.4) is 0 Å². The second-order valence-corrected chi connectivity index (χ2v) is 7.37. The van der Waals surface area contributed by atoms with Crippen molar-refractivity contribution in [1.29, 1.82) is 0 Å². The van der Waals surface area contributed by atoms with Crippen LogP contribution in [-0.4, -0.2) is 41.7 Å². The van der Waals surface area contributed by atoms with Crippen LogP contribution in [0, 0.1) is 0 Å². The van der Waals surface area contributed by atoms with Gasteiger partial charge in [-0.2, -0.15) is 0 Å².